The van der Waals surface area contributed by atoms with Crippen molar-refractivity contribution in [2.45, 2.75) is 0 Å². The highest BCUT2D eigenvalue weighted by molar-refractivity contribution is 6.30. The molecule has 78 valence electrons. The summed E-state index contributed by atoms with van der Waals surface area (Å²) < 4.78 is 13.6. The smallest absolute Gasteiger partial charge is 0.132 e. The van der Waals surface area contributed by atoms with Gasteiger partial charge >= 0.3 is 0 Å². The molecule has 1 aromatic carbocycles. The van der Waals surface area contributed by atoms with Crippen LogP contribution in [0.3, 0.4) is 0 Å². The van der Waals surface area contributed by atoms with Crippen molar-refractivity contribution in [1.29, 1.82) is 5.26 Å². The minimum Gasteiger partial charge on any atom is -0.263 e. The Kier molecular flexibility index (Phi) is 2.84. The summed E-state index contributed by atoms with van der Waals surface area (Å²) in [5.41, 5.74) is 1.34. The third-order valence-electron chi connectivity index (χ3n) is 2.11. The zero-order valence-corrected chi connectivity index (χ0v) is 8.87. The van der Waals surface area contributed by atoms with Crippen LogP contribution in [0.15, 0.2) is 36.7 Å². The summed E-state index contributed by atoms with van der Waals surface area (Å²) >= 11 is 5.65. The van der Waals surface area contributed by atoms with Gasteiger partial charge in [-0.1, -0.05) is 11.6 Å². The molecule has 0 N–H and O–H groups in total. The minimum absolute atomic E-state index is 0.339. The summed E-state index contributed by atoms with van der Waals surface area (Å²) in [4.78, 5) is 3.87. The van der Waals surface area contributed by atoms with Gasteiger partial charge in [0.05, 0.1) is 5.56 Å². The van der Waals surface area contributed by atoms with Gasteiger partial charge in [0.15, 0.2) is 0 Å². The van der Waals surface area contributed by atoms with Gasteiger partial charge in [-0.2, -0.15) is 5.26 Å². The molecule has 0 saturated carbocycles. The molecule has 4 heteroatoms. The van der Waals surface area contributed by atoms with Gasteiger partial charge < -0.3 is 0 Å². The second-order valence-corrected chi connectivity index (χ2v) is 3.63. The third kappa shape index (κ3) is 2.02. The van der Waals surface area contributed by atoms with E-state index >= 15 is 0 Å². The van der Waals surface area contributed by atoms with Crippen molar-refractivity contribution in [2.75, 3.05) is 0 Å². The maximum absolute atomic E-state index is 13.6. The highest BCUT2D eigenvalue weighted by Crippen LogP contribution is 2.25. The molecule has 0 saturated heterocycles. The molecule has 2 rings (SSSR count). The number of nitriles is 1. The average molecular weight is 233 g/mol. The van der Waals surface area contributed by atoms with E-state index < -0.39 is 5.82 Å². The molecule has 2 aromatic rings. The molecule has 1 aromatic heterocycles. The summed E-state index contributed by atoms with van der Waals surface area (Å²) in [5.74, 6) is -0.426. The monoisotopic (exact) mass is 232 g/mol. The fraction of sp³-hybridized carbons (Fsp3) is 0. The quantitative estimate of drug-likeness (QED) is 0.756. The van der Waals surface area contributed by atoms with E-state index in [1.807, 2.05) is 6.07 Å². The summed E-state index contributed by atoms with van der Waals surface area (Å²) in [7, 11) is 0. The lowest BCUT2D eigenvalue weighted by Crippen LogP contribution is -1.87. The maximum Gasteiger partial charge on any atom is 0.132 e. The number of benzene rings is 1. The van der Waals surface area contributed by atoms with Crippen LogP contribution in [0.2, 0.25) is 5.02 Å². The van der Waals surface area contributed by atoms with E-state index in [2.05, 4.69) is 4.98 Å². The summed E-state index contributed by atoms with van der Waals surface area (Å²) in [6, 6.07) is 7.93. The zero-order valence-electron chi connectivity index (χ0n) is 8.11. The lowest BCUT2D eigenvalue weighted by Gasteiger charge is -2.03. The number of rotatable bonds is 1. The van der Waals surface area contributed by atoms with Crippen molar-refractivity contribution in [3.63, 3.8) is 0 Å². The molecular formula is C12H6ClFN2. The van der Waals surface area contributed by atoms with Crippen LogP contribution in [0.5, 0.6) is 0 Å². The van der Waals surface area contributed by atoms with Gasteiger partial charge in [0, 0.05) is 28.5 Å². The van der Waals surface area contributed by atoms with Gasteiger partial charge in [0.25, 0.3) is 0 Å². The molecule has 0 spiro atoms. The number of pyridine rings is 1. The van der Waals surface area contributed by atoms with E-state index in [-0.39, 0.29) is 0 Å². The minimum atomic E-state index is -0.426. The number of hydrogen-bond acceptors (Lipinski definition) is 2. The predicted octanol–water partition coefficient (Wildman–Crippen LogP) is 3.41. The van der Waals surface area contributed by atoms with Gasteiger partial charge in [-0.3, -0.25) is 4.98 Å². The molecular weight excluding hydrogens is 227 g/mol. The summed E-state index contributed by atoms with van der Waals surface area (Å²) in [6.07, 6.45) is 2.94. The van der Waals surface area contributed by atoms with Crippen LogP contribution < -0.4 is 0 Å². The van der Waals surface area contributed by atoms with Crippen LogP contribution in [0, 0.1) is 17.1 Å². The fourth-order valence-corrected chi connectivity index (χ4v) is 1.53. The van der Waals surface area contributed by atoms with Gasteiger partial charge in [-0.25, -0.2) is 4.39 Å². The van der Waals surface area contributed by atoms with E-state index in [1.165, 1.54) is 18.5 Å². The normalized spacial score (nSPS) is 9.81. The zero-order chi connectivity index (χ0) is 11.5. The Morgan fingerprint density at radius 3 is 2.75 bits per heavy atom. The largest absolute Gasteiger partial charge is 0.263 e. The van der Waals surface area contributed by atoms with Crippen LogP contribution >= 0.6 is 11.6 Å². The van der Waals surface area contributed by atoms with E-state index in [0.29, 0.717) is 21.7 Å². The van der Waals surface area contributed by atoms with E-state index in [9.17, 15) is 4.39 Å². The Morgan fingerprint density at radius 2 is 2.06 bits per heavy atom. The molecule has 0 aliphatic rings. The fourth-order valence-electron chi connectivity index (χ4n) is 1.37. The first kappa shape index (κ1) is 10.6. The number of hydrogen-bond donors (Lipinski definition) is 0. The van der Waals surface area contributed by atoms with Gasteiger partial charge in [-0.05, 0) is 24.3 Å². The predicted molar refractivity (Wildman–Crippen MR) is 59.4 cm³/mol. The SMILES string of the molecule is N#Cc1cncc(-c2ccc(Cl)cc2F)c1. The first-order valence-corrected chi connectivity index (χ1v) is 4.89. The van der Waals surface area contributed by atoms with Crippen LogP contribution in [-0.2, 0) is 0 Å². The lowest BCUT2D eigenvalue weighted by atomic mass is 10.1. The van der Waals surface area contributed by atoms with E-state index in [0.717, 1.165) is 0 Å². The molecule has 2 nitrogen and oxygen atoms in total. The third-order valence-corrected chi connectivity index (χ3v) is 2.34. The van der Waals surface area contributed by atoms with Gasteiger partial charge in [0.2, 0.25) is 0 Å². The Balaban J connectivity index is 2.55. The van der Waals surface area contributed by atoms with E-state index in [4.69, 9.17) is 16.9 Å². The van der Waals surface area contributed by atoms with Crippen LogP contribution in [-0.4, -0.2) is 4.98 Å². The molecule has 0 aliphatic heterocycles. The van der Waals surface area contributed by atoms with Crippen LogP contribution in [0.4, 0.5) is 4.39 Å². The standard InChI is InChI=1S/C12H6ClFN2/c13-10-1-2-11(12(14)4-10)9-3-8(5-15)6-16-7-9/h1-4,6-7H. The van der Waals surface area contributed by atoms with Crippen molar-refractivity contribution < 1.29 is 4.39 Å². The molecule has 1 heterocycles. The van der Waals surface area contributed by atoms with Crippen molar-refractivity contribution in [3.05, 3.63) is 53.1 Å². The van der Waals surface area contributed by atoms with Crippen molar-refractivity contribution in [2.24, 2.45) is 0 Å². The molecule has 0 unspecified atom stereocenters. The Labute approximate surface area is 96.9 Å². The van der Waals surface area contributed by atoms with Crippen LogP contribution in [0.1, 0.15) is 5.56 Å². The van der Waals surface area contributed by atoms with Crippen molar-refractivity contribution >= 4 is 11.6 Å². The van der Waals surface area contributed by atoms with E-state index in [1.54, 1.807) is 18.2 Å². The molecule has 0 fully saturated rings. The Morgan fingerprint density at radius 1 is 1.25 bits per heavy atom. The van der Waals surface area contributed by atoms with Crippen molar-refractivity contribution in [3.8, 4) is 17.2 Å². The number of nitrogens with zero attached hydrogens (tertiary/aromatic N) is 2. The lowest BCUT2D eigenvalue weighted by molar-refractivity contribution is 0.631. The average Bonchev–Trinajstić information content (AvgIpc) is 2.29. The molecule has 0 radical (unpaired) electrons. The highest BCUT2D eigenvalue weighted by atomic mass is 35.5. The van der Waals surface area contributed by atoms with Gasteiger partial charge in [0.1, 0.15) is 11.9 Å². The highest BCUT2D eigenvalue weighted by Gasteiger charge is 2.06. The molecule has 16 heavy (non-hydrogen) atoms. The maximum atomic E-state index is 13.6. The van der Waals surface area contributed by atoms with Gasteiger partial charge in [-0.15, -0.1) is 0 Å². The molecule has 0 aliphatic carbocycles. The molecule has 0 amide bonds. The topological polar surface area (TPSA) is 36.7 Å². The first-order valence-electron chi connectivity index (χ1n) is 4.51. The van der Waals surface area contributed by atoms with Crippen LogP contribution in [0.25, 0.3) is 11.1 Å². The first-order chi connectivity index (χ1) is 7.70. The second kappa shape index (κ2) is 4.30. The van der Waals surface area contributed by atoms with Crippen molar-refractivity contribution in [1.82, 2.24) is 4.98 Å². The molecule has 0 atom stereocenters. The summed E-state index contributed by atoms with van der Waals surface area (Å²) in [5, 5.41) is 9.06. The molecule has 0 bridgehead atoms. The number of halogens is 2. The number of aromatic nitrogens is 1. The Hall–Kier alpha value is -1.92. The Bertz CT molecular complexity index is 575. The second-order valence-electron chi connectivity index (χ2n) is 3.20. The summed E-state index contributed by atoms with van der Waals surface area (Å²) in [6.45, 7) is 0.